The van der Waals surface area contributed by atoms with Crippen LogP contribution >= 0.6 is 0 Å². The highest BCUT2D eigenvalue weighted by Gasteiger charge is 2.28. The monoisotopic (exact) mass is 626 g/mol. The predicted molar refractivity (Wildman–Crippen MR) is 168 cm³/mol. The van der Waals surface area contributed by atoms with Gasteiger partial charge in [-0.25, -0.2) is 22.6 Å². The minimum absolute atomic E-state index is 0.0443. The third-order valence-corrected chi connectivity index (χ3v) is 8.04. The van der Waals surface area contributed by atoms with E-state index < -0.39 is 21.7 Å². The van der Waals surface area contributed by atoms with Gasteiger partial charge in [0.15, 0.2) is 0 Å². The first-order valence-electron chi connectivity index (χ1n) is 14.5. The van der Waals surface area contributed by atoms with E-state index in [4.69, 9.17) is 10.5 Å². The first-order chi connectivity index (χ1) is 20.9. The number of benzene rings is 2. The van der Waals surface area contributed by atoms with E-state index in [1.54, 1.807) is 24.3 Å². The molecule has 13 heteroatoms. The highest BCUT2D eigenvalue weighted by atomic mass is 32.2. The zero-order chi connectivity index (χ0) is 31.9. The SMILES string of the molecule is CCCCN(C(=O)Nc1ccc(F)c(C(N)=O)c1)C1CCN(Cc2ccc(Oc3ccc(NS(C)(=O)=O)cc3)nc2C)CC1. The molecule has 44 heavy (non-hydrogen) atoms. The Kier molecular flexibility index (Phi) is 10.8. The van der Waals surface area contributed by atoms with Gasteiger partial charge in [0.1, 0.15) is 11.6 Å². The molecular weight excluding hydrogens is 587 g/mol. The Morgan fingerprint density at radius 2 is 1.77 bits per heavy atom. The number of piperidine rings is 1. The van der Waals surface area contributed by atoms with Gasteiger partial charge in [0.05, 0.1) is 11.8 Å². The molecule has 0 radical (unpaired) electrons. The fourth-order valence-electron chi connectivity index (χ4n) is 5.11. The van der Waals surface area contributed by atoms with Gasteiger partial charge in [-0.05, 0) is 74.2 Å². The molecule has 1 aromatic heterocycles. The number of halogens is 1. The maximum absolute atomic E-state index is 13.9. The molecule has 0 bridgehead atoms. The van der Waals surface area contributed by atoms with Crippen molar-refractivity contribution in [3.63, 3.8) is 0 Å². The van der Waals surface area contributed by atoms with Crippen LogP contribution in [0.25, 0.3) is 0 Å². The van der Waals surface area contributed by atoms with E-state index >= 15 is 0 Å². The van der Waals surface area contributed by atoms with E-state index in [-0.39, 0.29) is 17.6 Å². The molecule has 1 aliphatic heterocycles. The van der Waals surface area contributed by atoms with Gasteiger partial charge in [-0.2, -0.15) is 0 Å². The van der Waals surface area contributed by atoms with Crippen LogP contribution in [0.2, 0.25) is 0 Å². The number of amides is 3. The van der Waals surface area contributed by atoms with Crippen LogP contribution in [0.4, 0.5) is 20.6 Å². The molecule has 0 spiro atoms. The van der Waals surface area contributed by atoms with Crippen LogP contribution in [0, 0.1) is 12.7 Å². The van der Waals surface area contributed by atoms with Crippen LogP contribution in [0.5, 0.6) is 11.6 Å². The van der Waals surface area contributed by atoms with Crippen LogP contribution in [0.1, 0.15) is 54.2 Å². The van der Waals surface area contributed by atoms with E-state index in [1.165, 1.54) is 12.1 Å². The second-order valence-electron chi connectivity index (χ2n) is 10.9. The maximum atomic E-state index is 13.9. The molecule has 2 heterocycles. The van der Waals surface area contributed by atoms with Gasteiger partial charge >= 0.3 is 6.03 Å². The van der Waals surface area contributed by atoms with Crippen molar-refractivity contribution in [2.75, 3.05) is 35.9 Å². The van der Waals surface area contributed by atoms with Crippen molar-refractivity contribution in [3.8, 4) is 11.6 Å². The Hall–Kier alpha value is -4.23. The lowest BCUT2D eigenvalue weighted by atomic mass is 10.0. The minimum atomic E-state index is -3.35. The number of pyridine rings is 1. The molecule has 1 aliphatic rings. The number of urea groups is 1. The first kappa shape index (κ1) is 32.7. The number of sulfonamides is 1. The summed E-state index contributed by atoms with van der Waals surface area (Å²) in [4.78, 5) is 33.6. The van der Waals surface area contributed by atoms with Crippen LogP contribution in [0.3, 0.4) is 0 Å². The van der Waals surface area contributed by atoms with Crippen molar-refractivity contribution < 1.29 is 27.1 Å². The molecule has 2 aromatic carbocycles. The van der Waals surface area contributed by atoms with Crippen molar-refractivity contribution in [1.29, 1.82) is 0 Å². The summed E-state index contributed by atoms with van der Waals surface area (Å²) in [7, 11) is -3.35. The van der Waals surface area contributed by atoms with E-state index in [0.717, 1.165) is 62.4 Å². The summed E-state index contributed by atoms with van der Waals surface area (Å²) in [6, 6.07) is 14.0. The second-order valence-corrected chi connectivity index (χ2v) is 12.7. The molecule has 4 N–H and O–H groups in total. The number of hydrogen-bond donors (Lipinski definition) is 3. The smallest absolute Gasteiger partial charge is 0.322 e. The fraction of sp³-hybridized carbons (Fsp3) is 0.387. The van der Waals surface area contributed by atoms with Crippen molar-refractivity contribution in [1.82, 2.24) is 14.8 Å². The van der Waals surface area contributed by atoms with Gasteiger partial charge in [-0.1, -0.05) is 19.4 Å². The number of nitrogens with zero attached hydrogens (tertiary/aromatic N) is 3. The highest BCUT2D eigenvalue weighted by Crippen LogP contribution is 2.25. The third kappa shape index (κ3) is 9.13. The molecule has 11 nitrogen and oxygen atoms in total. The number of carbonyl (C=O) groups excluding carboxylic acids is 2. The molecule has 3 aromatic rings. The molecule has 0 saturated carbocycles. The number of nitrogens with one attached hydrogen (secondary N) is 2. The Balaban J connectivity index is 1.33. The largest absolute Gasteiger partial charge is 0.439 e. The summed E-state index contributed by atoms with van der Waals surface area (Å²) in [5.74, 6) is -0.641. The number of unbranched alkanes of at least 4 members (excludes halogenated alkanes) is 1. The van der Waals surface area contributed by atoms with E-state index in [2.05, 4.69) is 26.8 Å². The Morgan fingerprint density at radius 1 is 1.09 bits per heavy atom. The predicted octanol–water partition coefficient (Wildman–Crippen LogP) is 5.09. The molecule has 3 amide bonds. The lowest BCUT2D eigenvalue weighted by Gasteiger charge is -2.38. The average molecular weight is 627 g/mol. The van der Waals surface area contributed by atoms with Crippen molar-refractivity contribution in [3.05, 3.63) is 77.2 Å². The number of likely N-dealkylation sites (tertiary alicyclic amines) is 1. The molecule has 0 unspecified atom stereocenters. The molecule has 1 saturated heterocycles. The number of primary amides is 1. The molecule has 236 valence electrons. The Morgan fingerprint density at radius 3 is 2.39 bits per heavy atom. The van der Waals surface area contributed by atoms with Gasteiger partial charge in [-0.3, -0.25) is 14.4 Å². The van der Waals surface area contributed by atoms with Crippen molar-refractivity contribution in [2.24, 2.45) is 5.73 Å². The molecule has 4 rings (SSSR count). The Bertz CT molecular complexity index is 1580. The quantitative estimate of drug-likeness (QED) is 0.254. The standard InChI is InChI=1S/C31H39FN6O5S/c1-4-5-16-38(31(40)35-24-9-12-28(32)27(19-24)30(33)39)25-14-17-37(18-15-25)20-22-6-13-29(34-21(22)2)43-26-10-7-23(8-11-26)36-44(3,41)42/h6-13,19,25,36H,4-5,14-18,20H2,1-3H3,(H2,33,39)(H,35,40). The average Bonchev–Trinajstić information content (AvgIpc) is 2.96. The second kappa shape index (κ2) is 14.5. The summed E-state index contributed by atoms with van der Waals surface area (Å²) in [5, 5.41) is 2.81. The van der Waals surface area contributed by atoms with Gasteiger partial charge in [0.2, 0.25) is 15.9 Å². The number of nitrogens with two attached hydrogens (primary N) is 1. The van der Waals surface area contributed by atoms with Gasteiger partial charge in [0.25, 0.3) is 5.91 Å². The highest BCUT2D eigenvalue weighted by molar-refractivity contribution is 7.92. The summed E-state index contributed by atoms with van der Waals surface area (Å²) >= 11 is 0. The van der Waals surface area contributed by atoms with Gasteiger partial charge < -0.3 is 20.7 Å². The molecular formula is C31H39FN6O5S. The molecule has 0 aliphatic carbocycles. The Labute approximate surface area is 257 Å². The van der Waals surface area contributed by atoms with Crippen LogP contribution in [-0.4, -0.2) is 67.1 Å². The normalized spacial score (nSPS) is 14.2. The number of aryl methyl sites for hydroxylation is 1. The molecule has 1 fully saturated rings. The van der Waals surface area contributed by atoms with Crippen molar-refractivity contribution >= 4 is 33.3 Å². The van der Waals surface area contributed by atoms with Gasteiger partial charge in [0, 0.05) is 55.4 Å². The summed E-state index contributed by atoms with van der Waals surface area (Å²) in [6.07, 6.45) is 4.47. The number of anilines is 2. The number of carbonyl (C=O) groups is 2. The van der Waals surface area contributed by atoms with Crippen molar-refractivity contribution in [2.45, 2.75) is 52.1 Å². The minimum Gasteiger partial charge on any atom is -0.439 e. The summed E-state index contributed by atoms with van der Waals surface area (Å²) in [6.45, 7) is 6.91. The van der Waals surface area contributed by atoms with E-state index in [9.17, 15) is 22.4 Å². The maximum Gasteiger partial charge on any atom is 0.322 e. The summed E-state index contributed by atoms with van der Waals surface area (Å²) in [5.41, 5.74) is 7.68. The van der Waals surface area contributed by atoms with Crippen LogP contribution < -0.4 is 20.5 Å². The number of hydrogen-bond acceptors (Lipinski definition) is 7. The lowest BCUT2D eigenvalue weighted by molar-refractivity contribution is 0.0996. The number of aromatic nitrogens is 1. The lowest BCUT2D eigenvalue weighted by Crippen LogP contribution is -2.49. The van der Waals surface area contributed by atoms with E-state index in [0.29, 0.717) is 36.1 Å². The van der Waals surface area contributed by atoms with Gasteiger partial charge in [-0.15, -0.1) is 0 Å². The third-order valence-electron chi connectivity index (χ3n) is 7.44. The fourth-order valence-corrected chi connectivity index (χ4v) is 5.68. The number of ether oxygens (including phenoxy) is 1. The van der Waals surface area contributed by atoms with E-state index in [1.807, 2.05) is 24.0 Å². The topological polar surface area (TPSA) is 147 Å². The summed E-state index contributed by atoms with van der Waals surface area (Å²) < 4.78 is 45.0. The van der Waals surface area contributed by atoms with Crippen LogP contribution in [0.15, 0.2) is 54.6 Å². The number of rotatable bonds is 12. The first-order valence-corrected chi connectivity index (χ1v) is 16.4. The van der Waals surface area contributed by atoms with Crippen LogP contribution in [-0.2, 0) is 16.6 Å². The zero-order valence-electron chi connectivity index (χ0n) is 25.2. The zero-order valence-corrected chi connectivity index (χ0v) is 26.0. The molecule has 0 atom stereocenters.